The minimum atomic E-state index is -1.11. The number of aromatic carboxylic acids is 1. The van der Waals surface area contributed by atoms with Crippen LogP contribution in [-0.4, -0.2) is 88.2 Å². The van der Waals surface area contributed by atoms with Gasteiger partial charge in [-0.3, -0.25) is 0 Å². The Labute approximate surface area is 343 Å². The van der Waals surface area contributed by atoms with E-state index in [2.05, 4.69) is 15.4 Å². The van der Waals surface area contributed by atoms with Gasteiger partial charge < -0.3 is 49.6 Å². The number of aliphatic hydroxyl groups is 1. The van der Waals surface area contributed by atoms with Crippen molar-refractivity contribution < 1.29 is 57.8 Å². The first-order chi connectivity index (χ1) is 27.2. The molecule has 4 aromatic carbocycles. The van der Waals surface area contributed by atoms with Gasteiger partial charge in [0.05, 0.1) is 35.0 Å². The van der Waals surface area contributed by atoms with Crippen LogP contribution in [0.1, 0.15) is 75.4 Å². The van der Waals surface area contributed by atoms with E-state index in [9.17, 15) is 23.9 Å². The predicted molar refractivity (Wildman–Crippen MR) is 225 cm³/mol. The number of amides is 2. The first-order valence-electron chi connectivity index (χ1n) is 18.0. The number of aromatic hydroxyl groups is 1. The van der Waals surface area contributed by atoms with Crippen LogP contribution in [0.4, 0.5) is 9.18 Å². The maximum atomic E-state index is 11.8. The molecule has 0 bridgehead atoms. The number of para-hydroxylation sites is 4. The maximum absolute atomic E-state index is 11.8. The molecule has 0 fully saturated rings. The van der Waals surface area contributed by atoms with Crippen LogP contribution >= 0.6 is 0 Å². The summed E-state index contributed by atoms with van der Waals surface area (Å²) in [7, 11) is 6.09. The maximum Gasteiger partial charge on any atom is 0.341 e. The molecule has 0 unspecified atom stereocenters. The summed E-state index contributed by atoms with van der Waals surface area (Å²) in [6.07, 6.45) is 0. The van der Waals surface area contributed by atoms with Crippen LogP contribution in [0.15, 0.2) is 72.8 Å². The molecule has 13 nitrogen and oxygen atoms in total. The van der Waals surface area contributed by atoms with E-state index in [0.29, 0.717) is 23.4 Å². The second-order valence-corrected chi connectivity index (χ2v) is 11.7. The number of esters is 1. The van der Waals surface area contributed by atoms with Gasteiger partial charge in [0.15, 0.2) is 0 Å². The molecule has 0 heterocycles. The molecule has 0 radical (unpaired) electrons. The summed E-state index contributed by atoms with van der Waals surface area (Å²) in [6.45, 7) is 12.9. The smallest absolute Gasteiger partial charge is 0.341 e. The van der Waals surface area contributed by atoms with Crippen molar-refractivity contribution in [2.45, 2.75) is 62.1 Å². The van der Waals surface area contributed by atoms with E-state index in [1.165, 1.54) is 20.3 Å². The normalized spacial score (nSPS) is 9.38. The lowest BCUT2D eigenvalue weighted by atomic mass is 10.1. The zero-order valence-electron chi connectivity index (χ0n) is 34.7. The van der Waals surface area contributed by atoms with Crippen molar-refractivity contribution in [2.75, 3.05) is 54.9 Å². The van der Waals surface area contributed by atoms with E-state index in [1.54, 1.807) is 45.4 Å². The Morgan fingerprint density at radius 1 is 0.655 bits per heavy atom. The fraction of sp³-hybridized carbons (Fsp3) is 0.386. The number of aliphatic hydroxyl groups excluding tert-OH is 1. The number of hydrogen-bond donors (Lipinski definition) is 5. The highest BCUT2D eigenvalue weighted by molar-refractivity contribution is 5.93. The third kappa shape index (κ3) is 19.3. The highest BCUT2D eigenvalue weighted by atomic mass is 19.1. The predicted octanol–water partition coefficient (Wildman–Crippen LogP) is 8.14. The molecule has 0 aromatic heterocycles. The molecule has 58 heavy (non-hydrogen) atoms. The van der Waals surface area contributed by atoms with E-state index in [4.69, 9.17) is 29.2 Å². The third-order valence-corrected chi connectivity index (χ3v) is 7.68. The lowest BCUT2D eigenvalue weighted by Crippen LogP contribution is -2.36. The SMILES string of the molecule is C.CCOCC.COC(=O)c1cccc(C)c1OC.COc1c(C)cccc1CNC(=O)NCCF.COc1c(C)cccc1CO.Cc1cccc(C(=O)O)c1O. The highest BCUT2D eigenvalue weighted by Crippen LogP contribution is 2.25. The first kappa shape index (κ1) is 54.2. The summed E-state index contributed by atoms with van der Waals surface area (Å²) in [5.41, 5.74) is 5.70. The summed E-state index contributed by atoms with van der Waals surface area (Å²) < 4.78 is 36.7. The molecular formula is C44H63FN2O11. The number of hydrogen-bond acceptors (Lipinski definition) is 10. The lowest BCUT2D eigenvalue weighted by molar-refractivity contribution is 0.0595. The average Bonchev–Trinajstić information content (AvgIpc) is 3.20. The van der Waals surface area contributed by atoms with Gasteiger partial charge in [-0.05, 0) is 75.9 Å². The Morgan fingerprint density at radius 3 is 1.50 bits per heavy atom. The number of phenols is 1. The molecule has 4 aromatic rings. The van der Waals surface area contributed by atoms with Crippen molar-refractivity contribution in [1.29, 1.82) is 0 Å². The highest BCUT2D eigenvalue weighted by Gasteiger charge is 2.13. The van der Waals surface area contributed by atoms with E-state index >= 15 is 0 Å². The van der Waals surface area contributed by atoms with Crippen LogP contribution in [0.5, 0.6) is 23.0 Å². The summed E-state index contributed by atoms with van der Waals surface area (Å²) in [4.78, 5) is 32.9. The van der Waals surface area contributed by atoms with Gasteiger partial charge in [0, 0.05) is 37.4 Å². The second kappa shape index (κ2) is 31.3. The van der Waals surface area contributed by atoms with E-state index in [0.717, 1.165) is 52.5 Å². The van der Waals surface area contributed by atoms with E-state index in [1.807, 2.05) is 77.1 Å². The van der Waals surface area contributed by atoms with Crippen LogP contribution in [0.3, 0.4) is 0 Å². The van der Waals surface area contributed by atoms with Crippen LogP contribution in [-0.2, 0) is 22.6 Å². The molecular weight excluding hydrogens is 751 g/mol. The molecule has 0 saturated heterocycles. The summed E-state index contributed by atoms with van der Waals surface area (Å²) in [6, 6.07) is 21.0. The number of nitrogens with one attached hydrogen (secondary N) is 2. The zero-order chi connectivity index (χ0) is 43.3. The Bertz CT molecular complexity index is 1800. The van der Waals surface area contributed by atoms with Crippen molar-refractivity contribution in [3.8, 4) is 23.0 Å². The van der Waals surface area contributed by atoms with E-state index in [-0.39, 0.29) is 43.9 Å². The van der Waals surface area contributed by atoms with Gasteiger partial charge in [-0.15, -0.1) is 0 Å². The van der Waals surface area contributed by atoms with Crippen LogP contribution in [0, 0.1) is 27.7 Å². The number of carbonyl (C=O) groups excluding carboxylic acids is 2. The molecule has 5 N–H and O–H groups in total. The molecule has 0 aliphatic heterocycles. The minimum absolute atomic E-state index is 0. The molecule has 322 valence electrons. The number of halogens is 1. The number of rotatable bonds is 12. The fourth-order valence-corrected chi connectivity index (χ4v) is 4.90. The largest absolute Gasteiger partial charge is 0.507 e. The quantitative estimate of drug-likeness (QED) is 0.0871. The van der Waals surface area contributed by atoms with Gasteiger partial charge in [-0.1, -0.05) is 68.1 Å². The number of ether oxygens (including phenoxy) is 5. The van der Waals surface area contributed by atoms with Crippen molar-refractivity contribution in [3.63, 3.8) is 0 Å². The lowest BCUT2D eigenvalue weighted by Gasteiger charge is -2.12. The van der Waals surface area contributed by atoms with Crippen molar-refractivity contribution in [1.82, 2.24) is 10.6 Å². The molecule has 0 spiro atoms. The van der Waals surface area contributed by atoms with Crippen molar-refractivity contribution in [3.05, 3.63) is 117 Å². The van der Waals surface area contributed by atoms with Gasteiger partial charge in [0.2, 0.25) is 0 Å². The number of urea groups is 1. The number of carboxylic acids is 1. The molecule has 0 atom stereocenters. The van der Waals surface area contributed by atoms with Gasteiger partial charge in [0.1, 0.15) is 40.8 Å². The Hall–Kier alpha value is -5.86. The number of carboxylic acid groups (broad SMARTS) is 1. The topological polar surface area (TPSA) is 182 Å². The van der Waals surface area contributed by atoms with Crippen LogP contribution in [0.2, 0.25) is 0 Å². The Balaban J connectivity index is 0. The molecule has 0 aliphatic rings. The Kier molecular flexibility index (Phi) is 29.2. The van der Waals surface area contributed by atoms with Gasteiger partial charge in [0.25, 0.3) is 0 Å². The second-order valence-electron chi connectivity index (χ2n) is 11.7. The average molecular weight is 815 g/mol. The molecule has 0 aliphatic carbocycles. The number of aryl methyl sites for hydroxylation is 4. The standard InChI is InChI=1S/C12H17FN2O2.C10H12O3.C9H12O2.C8H8O3.C4H10O.CH4/c1-9-4-3-5-10(11(9)17-2)8-15-12(16)14-7-6-13;1-7-5-4-6-8(9(7)12-2)10(11)13-3;1-7-4-3-5-8(6-10)9(7)11-2;1-5-3-2-4-6(7(5)9)8(10)11;1-3-5-4-2;/h3-5H,6-8H2,1-2H3,(H2,14,15,16);4-6H,1-3H3;3-5,10H,6H2,1-2H3;2-4,9H,1H3,(H,10,11);3-4H2,1-2H3;1H4. The van der Waals surface area contributed by atoms with Gasteiger partial charge in [-0.2, -0.15) is 0 Å². The minimum Gasteiger partial charge on any atom is -0.507 e. The number of alkyl halides is 1. The summed E-state index contributed by atoms with van der Waals surface area (Å²) in [5.74, 6) is 0.495. The van der Waals surface area contributed by atoms with Gasteiger partial charge in [-0.25, -0.2) is 18.8 Å². The number of carbonyl (C=O) groups is 3. The van der Waals surface area contributed by atoms with Crippen LogP contribution < -0.4 is 24.8 Å². The molecule has 14 heteroatoms. The third-order valence-electron chi connectivity index (χ3n) is 7.68. The molecule has 2 amide bonds. The molecule has 0 saturated carbocycles. The number of benzene rings is 4. The number of methoxy groups -OCH3 is 4. The first-order valence-corrected chi connectivity index (χ1v) is 18.0. The van der Waals surface area contributed by atoms with Gasteiger partial charge >= 0.3 is 18.0 Å². The monoisotopic (exact) mass is 814 g/mol. The van der Waals surface area contributed by atoms with Crippen molar-refractivity contribution >= 4 is 18.0 Å². The zero-order valence-corrected chi connectivity index (χ0v) is 34.7. The summed E-state index contributed by atoms with van der Waals surface area (Å²) in [5, 5.41) is 31.6. The summed E-state index contributed by atoms with van der Waals surface area (Å²) >= 11 is 0. The molecule has 4 rings (SSSR count). The van der Waals surface area contributed by atoms with Crippen LogP contribution in [0.25, 0.3) is 0 Å². The van der Waals surface area contributed by atoms with E-state index < -0.39 is 12.6 Å². The Morgan fingerprint density at radius 2 is 1.10 bits per heavy atom. The van der Waals surface area contributed by atoms with Crippen molar-refractivity contribution in [2.24, 2.45) is 0 Å². The fourth-order valence-electron chi connectivity index (χ4n) is 4.90.